The maximum Gasteiger partial charge on any atom is 0.245 e. The van der Waals surface area contributed by atoms with Crippen molar-refractivity contribution in [2.45, 2.75) is 20.4 Å². The van der Waals surface area contributed by atoms with Crippen molar-refractivity contribution >= 4 is 11.6 Å². The number of hydrogen-bond acceptors (Lipinski definition) is 8. The Morgan fingerprint density at radius 2 is 2.00 bits per heavy atom. The van der Waals surface area contributed by atoms with Gasteiger partial charge in [0.25, 0.3) is 0 Å². The van der Waals surface area contributed by atoms with Crippen LogP contribution in [0.3, 0.4) is 0 Å². The highest BCUT2D eigenvalue weighted by Gasteiger charge is 2.18. The number of rotatable bonds is 6. The SMILES string of the molecule is COc1ccc(CNc2nc(-c3ncco3)c(C)c3nc(C)nn23)c(OC)c1. The number of nitrogens with zero attached hydrogens (tertiary/aromatic N) is 5. The van der Waals surface area contributed by atoms with Crippen LogP contribution in [0.1, 0.15) is 17.0 Å². The molecule has 0 saturated heterocycles. The molecule has 0 aliphatic heterocycles. The van der Waals surface area contributed by atoms with Crippen LogP contribution in [0, 0.1) is 13.8 Å². The molecule has 0 spiro atoms. The van der Waals surface area contributed by atoms with Crippen LogP contribution in [-0.4, -0.2) is 38.8 Å². The van der Waals surface area contributed by atoms with E-state index in [4.69, 9.17) is 13.9 Å². The summed E-state index contributed by atoms with van der Waals surface area (Å²) < 4.78 is 17.9. The summed E-state index contributed by atoms with van der Waals surface area (Å²) in [6.07, 6.45) is 3.11. The van der Waals surface area contributed by atoms with Crippen LogP contribution in [-0.2, 0) is 6.54 Å². The van der Waals surface area contributed by atoms with Crippen LogP contribution in [0.5, 0.6) is 11.5 Å². The van der Waals surface area contributed by atoms with Crippen molar-refractivity contribution < 1.29 is 13.9 Å². The molecule has 0 aliphatic rings. The molecule has 1 aromatic carbocycles. The third kappa shape index (κ3) is 3.11. The van der Waals surface area contributed by atoms with E-state index in [2.05, 4.69) is 25.4 Å². The van der Waals surface area contributed by atoms with Crippen LogP contribution in [0.2, 0.25) is 0 Å². The van der Waals surface area contributed by atoms with E-state index in [0.717, 1.165) is 22.6 Å². The monoisotopic (exact) mass is 380 g/mol. The molecule has 0 radical (unpaired) electrons. The third-order valence-electron chi connectivity index (χ3n) is 4.39. The highest BCUT2D eigenvalue weighted by atomic mass is 16.5. The topological polar surface area (TPSA) is 99.6 Å². The number of aromatic nitrogens is 5. The molecule has 9 heteroatoms. The lowest BCUT2D eigenvalue weighted by Crippen LogP contribution is -2.10. The maximum absolute atomic E-state index is 5.47. The molecule has 144 valence electrons. The van der Waals surface area contributed by atoms with Crippen LogP contribution < -0.4 is 14.8 Å². The van der Waals surface area contributed by atoms with Crippen molar-refractivity contribution in [3.05, 3.63) is 47.6 Å². The largest absolute Gasteiger partial charge is 0.497 e. The summed E-state index contributed by atoms with van der Waals surface area (Å²) in [4.78, 5) is 13.4. The molecule has 0 unspecified atom stereocenters. The average Bonchev–Trinajstić information content (AvgIpc) is 3.37. The number of benzene rings is 1. The minimum Gasteiger partial charge on any atom is -0.497 e. The van der Waals surface area contributed by atoms with Gasteiger partial charge in [-0.2, -0.15) is 4.52 Å². The van der Waals surface area contributed by atoms with Gasteiger partial charge >= 0.3 is 0 Å². The first-order valence-electron chi connectivity index (χ1n) is 8.69. The minimum atomic E-state index is 0.436. The summed E-state index contributed by atoms with van der Waals surface area (Å²) in [5.41, 5.74) is 3.11. The summed E-state index contributed by atoms with van der Waals surface area (Å²) in [6.45, 7) is 4.24. The molecular formula is C19H20N6O3. The Morgan fingerprint density at radius 3 is 2.71 bits per heavy atom. The van der Waals surface area contributed by atoms with E-state index < -0.39 is 0 Å². The van der Waals surface area contributed by atoms with E-state index in [9.17, 15) is 0 Å². The predicted molar refractivity (Wildman–Crippen MR) is 103 cm³/mol. The second kappa shape index (κ2) is 7.18. The summed E-state index contributed by atoms with van der Waals surface area (Å²) in [5, 5.41) is 7.78. The molecule has 0 atom stereocenters. The van der Waals surface area contributed by atoms with Crippen LogP contribution in [0.25, 0.3) is 17.2 Å². The Kier molecular flexibility index (Phi) is 4.56. The zero-order chi connectivity index (χ0) is 19.7. The first-order chi connectivity index (χ1) is 13.6. The van der Waals surface area contributed by atoms with Gasteiger partial charge in [-0.15, -0.1) is 5.10 Å². The van der Waals surface area contributed by atoms with Crippen molar-refractivity contribution in [2.24, 2.45) is 0 Å². The summed E-state index contributed by atoms with van der Waals surface area (Å²) in [7, 11) is 3.25. The Hall–Kier alpha value is -3.62. The molecule has 4 aromatic rings. The van der Waals surface area contributed by atoms with Crippen LogP contribution >= 0.6 is 0 Å². The maximum atomic E-state index is 5.47. The number of nitrogens with one attached hydrogen (secondary N) is 1. The lowest BCUT2D eigenvalue weighted by Gasteiger charge is -2.13. The molecule has 3 aromatic heterocycles. The fourth-order valence-corrected chi connectivity index (χ4v) is 2.98. The quantitative estimate of drug-likeness (QED) is 0.545. The average molecular weight is 380 g/mol. The molecule has 28 heavy (non-hydrogen) atoms. The zero-order valence-corrected chi connectivity index (χ0v) is 16.1. The molecular weight excluding hydrogens is 360 g/mol. The fraction of sp³-hybridized carbons (Fsp3) is 0.263. The minimum absolute atomic E-state index is 0.436. The number of hydrogen-bond donors (Lipinski definition) is 1. The van der Waals surface area contributed by atoms with Crippen molar-refractivity contribution in [1.82, 2.24) is 24.6 Å². The summed E-state index contributed by atoms with van der Waals surface area (Å²) >= 11 is 0. The second-order valence-electron chi connectivity index (χ2n) is 6.17. The van der Waals surface area contributed by atoms with E-state index in [-0.39, 0.29) is 0 Å². The number of anilines is 1. The molecule has 1 N–H and O–H groups in total. The smallest absolute Gasteiger partial charge is 0.245 e. The van der Waals surface area contributed by atoms with E-state index in [1.54, 1.807) is 24.9 Å². The lowest BCUT2D eigenvalue weighted by molar-refractivity contribution is 0.391. The van der Waals surface area contributed by atoms with Crippen LogP contribution in [0.4, 0.5) is 5.95 Å². The Labute approximate surface area is 161 Å². The van der Waals surface area contributed by atoms with Gasteiger partial charge in [0.05, 0.1) is 20.4 Å². The van der Waals surface area contributed by atoms with E-state index in [1.807, 2.05) is 32.0 Å². The number of fused-ring (bicyclic) bond motifs is 1. The molecule has 0 bridgehead atoms. The van der Waals surface area contributed by atoms with Gasteiger partial charge in [0, 0.05) is 23.7 Å². The van der Waals surface area contributed by atoms with Crippen molar-refractivity contribution in [1.29, 1.82) is 0 Å². The molecule has 0 amide bonds. The Balaban J connectivity index is 1.74. The van der Waals surface area contributed by atoms with Gasteiger partial charge in [-0.1, -0.05) is 0 Å². The number of methoxy groups -OCH3 is 2. The summed E-state index contributed by atoms with van der Waals surface area (Å²) in [5.74, 6) is 3.07. The second-order valence-corrected chi connectivity index (χ2v) is 6.17. The number of oxazole rings is 1. The molecule has 0 saturated carbocycles. The van der Waals surface area contributed by atoms with Gasteiger partial charge in [0.2, 0.25) is 11.8 Å². The molecule has 0 aliphatic carbocycles. The van der Waals surface area contributed by atoms with Gasteiger partial charge in [0.1, 0.15) is 29.3 Å². The Morgan fingerprint density at radius 1 is 1.14 bits per heavy atom. The number of aryl methyl sites for hydroxylation is 2. The van der Waals surface area contributed by atoms with Crippen molar-refractivity contribution in [3.63, 3.8) is 0 Å². The van der Waals surface area contributed by atoms with Crippen LogP contribution in [0.15, 0.2) is 35.1 Å². The summed E-state index contributed by atoms with van der Waals surface area (Å²) in [6, 6.07) is 5.67. The normalized spacial score (nSPS) is 11.0. The van der Waals surface area contributed by atoms with Gasteiger partial charge in [-0.05, 0) is 26.0 Å². The zero-order valence-electron chi connectivity index (χ0n) is 16.1. The van der Waals surface area contributed by atoms with Gasteiger partial charge < -0.3 is 19.2 Å². The predicted octanol–water partition coefficient (Wildman–Crippen LogP) is 3.03. The molecule has 9 nitrogen and oxygen atoms in total. The van der Waals surface area contributed by atoms with E-state index in [1.165, 1.54) is 6.26 Å². The fourth-order valence-electron chi connectivity index (χ4n) is 2.98. The number of ether oxygens (including phenoxy) is 2. The van der Waals surface area contributed by atoms with Crippen molar-refractivity contribution in [2.75, 3.05) is 19.5 Å². The highest BCUT2D eigenvalue weighted by molar-refractivity contribution is 5.66. The molecule has 4 rings (SSSR count). The standard InChI is InChI=1S/C19H20N6O3/c1-11-16(18-20-7-8-28-18)23-19(25-17(11)22-12(2)24-25)21-10-13-5-6-14(26-3)9-15(13)27-4/h5-9H,10H2,1-4H3,(H,21,23). The first kappa shape index (κ1) is 17.8. The Bertz CT molecular complexity index is 1120. The highest BCUT2D eigenvalue weighted by Crippen LogP contribution is 2.27. The molecule has 3 heterocycles. The third-order valence-corrected chi connectivity index (χ3v) is 4.39. The van der Waals surface area contributed by atoms with Crippen molar-refractivity contribution in [3.8, 4) is 23.1 Å². The first-order valence-corrected chi connectivity index (χ1v) is 8.69. The lowest BCUT2D eigenvalue weighted by atomic mass is 10.2. The van der Waals surface area contributed by atoms with Gasteiger partial charge in [0.15, 0.2) is 5.65 Å². The van der Waals surface area contributed by atoms with Gasteiger partial charge in [-0.3, -0.25) is 0 Å². The molecule has 0 fully saturated rings. The van der Waals surface area contributed by atoms with E-state index >= 15 is 0 Å². The van der Waals surface area contributed by atoms with Gasteiger partial charge in [-0.25, -0.2) is 15.0 Å². The van der Waals surface area contributed by atoms with E-state index in [0.29, 0.717) is 35.5 Å².